The van der Waals surface area contributed by atoms with Gasteiger partial charge in [0.1, 0.15) is 0 Å². The van der Waals surface area contributed by atoms with Crippen molar-refractivity contribution < 1.29 is 9.18 Å². The van der Waals surface area contributed by atoms with E-state index >= 15 is 0 Å². The second-order valence-corrected chi connectivity index (χ2v) is 4.48. The van der Waals surface area contributed by atoms with Gasteiger partial charge in [-0.1, -0.05) is 32.0 Å². The summed E-state index contributed by atoms with van der Waals surface area (Å²) in [6.07, 6.45) is 2.92. The highest BCUT2D eigenvalue weighted by Gasteiger charge is 2.12. The number of benzene rings is 1. The first-order valence-electron chi connectivity index (χ1n) is 6.69. The molecule has 104 valence electrons. The standard InChI is InChI=1S/C16H17FN2O/c1-3-11-6-5-7-12(4-2)15(11)19-16(20)13-8-9-14(17)18-10-13/h5-10H,3-4H2,1-2H3,(H,19,20). The van der Waals surface area contributed by atoms with Gasteiger partial charge in [0.25, 0.3) is 5.91 Å². The van der Waals surface area contributed by atoms with Crippen molar-refractivity contribution in [3.8, 4) is 0 Å². The maximum absolute atomic E-state index is 12.8. The molecule has 1 aromatic carbocycles. The molecule has 0 aliphatic rings. The summed E-state index contributed by atoms with van der Waals surface area (Å²) in [4.78, 5) is 15.7. The number of hydrogen-bond donors (Lipinski definition) is 1. The smallest absolute Gasteiger partial charge is 0.257 e. The summed E-state index contributed by atoms with van der Waals surface area (Å²) in [5.41, 5.74) is 3.38. The topological polar surface area (TPSA) is 42.0 Å². The number of nitrogens with zero attached hydrogens (tertiary/aromatic N) is 1. The molecular formula is C16H17FN2O. The van der Waals surface area contributed by atoms with E-state index in [2.05, 4.69) is 10.3 Å². The zero-order valence-electron chi connectivity index (χ0n) is 11.6. The third-order valence-corrected chi connectivity index (χ3v) is 3.23. The normalized spacial score (nSPS) is 10.3. The van der Waals surface area contributed by atoms with Crippen LogP contribution in [0.15, 0.2) is 36.5 Å². The number of nitrogens with one attached hydrogen (secondary N) is 1. The van der Waals surface area contributed by atoms with Gasteiger partial charge in [-0.15, -0.1) is 0 Å². The summed E-state index contributed by atoms with van der Waals surface area (Å²) in [5.74, 6) is -0.863. The SMILES string of the molecule is CCc1cccc(CC)c1NC(=O)c1ccc(F)nc1. The molecule has 0 aliphatic heterocycles. The highest BCUT2D eigenvalue weighted by molar-refractivity contribution is 6.04. The van der Waals surface area contributed by atoms with E-state index < -0.39 is 5.95 Å². The molecule has 0 unspecified atom stereocenters. The summed E-state index contributed by atoms with van der Waals surface area (Å²) in [5, 5.41) is 2.92. The van der Waals surface area contributed by atoms with Crippen molar-refractivity contribution in [2.24, 2.45) is 0 Å². The van der Waals surface area contributed by atoms with Crippen LogP contribution in [0, 0.1) is 5.95 Å². The summed E-state index contributed by atoms with van der Waals surface area (Å²) in [7, 11) is 0. The Morgan fingerprint density at radius 2 is 1.80 bits per heavy atom. The Labute approximate surface area is 117 Å². The van der Waals surface area contributed by atoms with Crippen molar-refractivity contribution in [1.82, 2.24) is 4.98 Å². The van der Waals surface area contributed by atoms with Gasteiger partial charge >= 0.3 is 0 Å². The van der Waals surface area contributed by atoms with Gasteiger partial charge < -0.3 is 5.32 Å². The number of pyridine rings is 1. The molecule has 1 heterocycles. The number of halogens is 1. The lowest BCUT2D eigenvalue weighted by Gasteiger charge is -2.14. The lowest BCUT2D eigenvalue weighted by atomic mass is 10.0. The molecule has 2 aromatic rings. The van der Waals surface area contributed by atoms with E-state index in [1.54, 1.807) is 0 Å². The third kappa shape index (κ3) is 3.02. The van der Waals surface area contributed by atoms with Crippen LogP contribution in [0.5, 0.6) is 0 Å². The number of hydrogen-bond acceptors (Lipinski definition) is 2. The minimum absolute atomic E-state index is 0.270. The highest BCUT2D eigenvalue weighted by Crippen LogP contribution is 2.23. The Morgan fingerprint density at radius 1 is 1.15 bits per heavy atom. The van der Waals surface area contributed by atoms with Crippen LogP contribution >= 0.6 is 0 Å². The van der Waals surface area contributed by atoms with Crippen LogP contribution in [0.2, 0.25) is 0 Å². The number of aromatic nitrogens is 1. The molecule has 3 nitrogen and oxygen atoms in total. The van der Waals surface area contributed by atoms with E-state index in [1.165, 1.54) is 18.3 Å². The molecule has 1 amide bonds. The molecule has 0 spiro atoms. The van der Waals surface area contributed by atoms with Crippen molar-refractivity contribution in [1.29, 1.82) is 0 Å². The number of carbonyl (C=O) groups is 1. The predicted molar refractivity (Wildman–Crippen MR) is 77.3 cm³/mol. The van der Waals surface area contributed by atoms with Crippen molar-refractivity contribution in [2.75, 3.05) is 5.32 Å². The molecule has 20 heavy (non-hydrogen) atoms. The second kappa shape index (κ2) is 6.28. The lowest BCUT2D eigenvalue weighted by molar-refractivity contribution is 0.102. The predicted octanol–water partition coefficient (Wildman–Crippen LogP) is 3.60. The maximum Gasteiger partial charge on any atom is 0.257 e. The first-order valence-corrected chi connectivity index (χ1v) is 6.69. The quantitative estimate of drug-likeness (QED) is 0.864. The fraction of sp³-hybridized carbons (Fsp3) is 0.250. The van der Waals surface area contributed by atoms with Gasteiger partial charge in [-0.05, 0) is 36.1 Å². The zero-order valence-corrected chi connectivity index (χ0v) is 11.6. The third-order valence-electron chi connectivity index (χ3n) is 3.23. The summed E-state index contributed by atoms with van der Waals surface area (Å²) in [6, 6.07) is 8.60. The monoisotopic (exact) mass is 272 g/mol. The van der Waals surface area contributed by atoms with Gasteiger partial charge in [0, 0.05) is 11.9 Å². The van der Waals surface area contributed by atoms with Crippen molar-refractivity contribution in [2.45, 2.75) is 26.7 Å². The molecule has 4 heteroatoms. The molecule has 2 rings (SSSR count). The Balaban J connectivity index is 2.29. The first kappa shape index (κ1) is 14.2. The molecule has 1 aromatic heterocycles. The van der Waals surface area contributed by atoms with Gasteiger partial charge in [-0.3, -0.25) is 4.79 Å². The van der Waals surface area contributed by atoms with Crippen LogP contribution in [-0.4, -0.2) is 10.9 Å². The fourth-order valence-electron chi connectivity index (χ4n) is 2.10. The molecule has 0 atom stereocenters. The summed E-state index contributed by atoms with van der Waals surface area (Å²) >= 11 is 0. The van der Waals surface area contributed by atoms with Gasteiger partial charge in [0.15, 0.2) is 0 Å². The van der Waals surface area contributed by atoms with E-state index in [0.717, 1.165) is 29.7 Å². The highest BCUT2D eigenvalue weighted by atomic mass is 19.1. The van der Waals surface area contributed by atoms with Crippen molar-refractivity contribution >= 4 is 11.6 Å². The van der Waals surface area contributed by atoms with Crippen LogP contribution in [0.25, 0.3) is 0 Å². The molecule has 0 radical (unpaired) electrons. The van der Waals surface area contributed by atoms with Crippen LogP contribution in [-0.2, 0) is 12.8 Å². The maximum atomic E-state index is 12.8. The van der Waals surface area contributed by atoms with E-state index in [4.69, 9.17) is 0 Å². The van der Waals surface area contributed by atoms with Crippen LogP contribution in [0.1, 0.15) is 35.3 Å². The van der Waals surface area contributed by atoms with E-state index in [9.17, 15) is 9.18 Å². The van der Waals surface area contributed by atoms with Crippen molar-refractivity contribution in [3.05, 3.63) is 59.2 Å². The first-order chi connectivity index (χ1) is 9.65. The minimum Gasteiger partial charge on any atom is -0.321 e. The molecule has 0 saturated heterocycles. The molecule has 0 saturated carbocycles. The average Bonchev–Trinajstić information content (AvgIpc) is 2.48. The van der Waals surface area contributed by atoms with Gasteiger partial charge in [0.05, 0.1) is 5.56 Å². The number of amides is 1. The number of rotatable bonds is 4. The summed E-state index contributed by atoms with van der Waals surface area (Å²) < 4.78 is 12.8. The van der Waals surface area contributed by atoms with Crippen LogP contribution in [0.4, 0.5) is 10.1 Å². The number of para-hydroxylation sites is 1. The molecule has 0 aliphatic carbocycles. The number of aryl methyl sites for hydroxylation is 2. The molecule has 0 bridgehead atoms. The minimum atomic E-state index is -0.593. The molecule has 0 fully saturated rings. The largest absolute Gasteiger partial charge is 0.321 e. The lowest BCUT2D eigenvalue weighted by Crippen LogP contribution is -2.15. The van der Waals surface area contributed by atoms with Gasteiger partial charge in [-0.25, -0.2) is 4.98 Å². The molecule has 1 N–H and O–H groups in total. The zero-order chi connectivity index (χ0) is 14.5. The van der Waals surface area contributed by atoms with E-state index in [0.29, 0.717) is 5.56 Å². The second-order valence-electron chi connectivity index (χ2n) is 4.48. The Kier molecular flexibility index (Phi) is 4.45. The van der Waals surface area contributed by atoms with Gasteiger partial charge in [-0.2, -0.15) is 4.39 Å². The fourth-order valence-corrected chi connectivity index (χ4v) is 2.10. The molecular weight excluding hydrogens is 255 g/mol. The van der Waals surface area contributed by atoms with Crippen LogP contribution < -0.4 is 5.32 Å². The number of carbonyl (C=O) groups excluding carboxylic acids is 1. The van der Waals surface area contributed by atoms with E-state index in [-0.39, 0.29) is 5.91 Å². The Morgan fingerprint density at radius 3 is 2.30 bits per heavy atom. The Hall–Kier alpha value is -2.23. The van der Waals surface area contributed by atoms with Gasteiger partial charge in [0.2, 0.25) is 5.95 Å². The van der Waals surface area contributed by atoms with Crippen molar-refractivity contribution in [3.63, 3.8) is 0 Å². The van der Waals surface area contributed by atoms with Crippen LogP contribution in [0.3, 0.4) is 0 Å². The Bertz CT molecular complexity index is 586. The number of anilines is 1. The average molecular weight is 272 g/mol. The van der Waals surface area contributed by atoms with E-state index in [1.807, 2.05) is 32.0 Å². The summed E-state index contributed by atoms with van der Waals surface area (Å²) in [6.45, 7) is 4.09.